The summed E-state index contributed by atoms with van der Waals surface area (Å²) in [6, 6.07) is 16.0. The Balaban J connectivity index is 1.64. The highest BCUT2D eigenvalue weighted by Crippen LogP contribution is 2.35. The molecule has 0 aliphatic carbocycles. The van der Waals surface area contributed by atoms with Gasteiger partial charge in [-0.25, -0.2) is 0 Å². The third-order valence-electron chi connectivity index (χ3n) is 4.96. The van der Waals surface area contributed by atoms with Crippen molar-refractivity contribution in [3.05, 3.63) is 72.1 Å². The number of hydrogen-bond donors (Lipinski definition) is 1. The third-order valence-corrected chi connectivity index (χ3v) is 4.96. The molecule has 1 aliphatic rings. The minimum absolute atomic E-state index is 0.0494. The normalized spacial score (nSPS) is 16.7. The SMILES string of the molecule is COc1cc(C(=O)N2CCCC2c2ccccc2)ccc1-c1cn[nH]c1. The lowest BCUT2D eigenvalue weighted by atomic mass is 10.0. The van der Waals surface area contributed by atoms with Crippen molar-refractivity contribution in [2.45, 2.75) is 18.9 Å². The van der Waals surface area contributed by atoms with E-state index in [2.05, 4.69) is 22.3 Å². The van der Waals surface area contributed by atoms with E-state index in [1.54, 1.807) is 13.3 Å². The molecular formula is C21H21N3O2. The maximum atomic E-state index is 13.1. The number of aromatic nitrogens is 2. The predicted octanol–water partition coefficient (Wildman–Crippen LogP) is 4.06. The van der Waals surface area contributed by atoms with Gasteiger partial charge in [-0.1, -0.05) is 30.3 Å². The number of amides is 1. The highest BCUT2D eigenvalue weighted by Gasteiger charge is 2.30. The van der Waals surface area contributed by atoms with Crippen molar-refractivity contribution in [2.24, 2.45) is 0 Å². The van der Waals surface area contributed by atoms with Gasteiger partial charge in [-0.2, -0.15) is 5.10 Å². The second-order valence-electron chi connectivity index (χ2n) is 6.47. The van der Waals surface area contributed by atoms with E-state index in [4.69, 9.17) is 4.74 Å². The minimum atomic E-state index is 0.0494. The van der Waals surface area contributed by atoms with Gasteiger partial charge < -0.3 is 9.64 Å². The topological polar surface area (TPSA) is 58.2 Å². The fraction of sp³-hybridized carbons (Fsp3) is 0.238. The molecule has 0 spiro atoms. The maximum Gasteiger partial charge on any atom is 0.254 e. The molecule has 1 unspecified atom stereocenters. The highest BCUT2D eigenvalue weighted by atomic mass is 16.5. The molecule has 1 aromatic heterocycles. The summed E-state index contributed by atoms with van der Waals surface area (Å²) in [7, 11) is 1.62. The highest BCUT2D eigenvalue weighted by molar-refractivity contribution is 5.96. The summed E-state index contributed by atoms with van der Waals surface area (Å²) in [5.41, 5.74) is 3.69. The molecule has 1 saturated heterocycles. The van der Waals surface area contributed by atoms with Gasteiger partial charge in [0, 0.05) is 29.4 Å². The standard InChI is InChI=1S/C21H21N3O2/c1-26-20-12-16(9-10-18(20)17-13-22-23-14-17)21(25)24-11-5-8-19(24)15-6-3-2-4-7-15/h2-4,6-7,9-10,12-14,19H,5,8,11H2,1H3,(H,22,23). The largest absolute Gasteiger partial charge is 0.496 e. The number of ether oxygens (including phenoxy) is 1. The van der Waals surface area contributed by atoms with Crippen LogP contribution in [-0.2, 0) is 0 Å². The fourth-order valence-corrected chi connectivity index (χ4v) is 3.66. The number of benzene rings is 2. The fourth-order valence-electron chi connectivity index (χ4n) is 3.66. The van der Waals surface area contributed by atoms with Crippen molar-refractivity contribution < 1.29 is 9.53 Å². The lowest BCUT2D eigenvalue weighted by molar-refractivity contribution is 0.0735. The number of nitrogens with one attached hydrogen (secondary N) is 1. The Labute approximate surface area is 152 Å². The van der Waals surface area contributed by atoms with Crippen LogP contribution in [0.4, 0.5) is 0 Å². The van der Waals surface area contributed by atoms with Gasteiger partial charge in [-0.05, 0) is 36.6 Å². The number of aromatic amines is 1. The second kappa shape index (κ2) is 7.04. The number of nitrogens with zero attached hydrogens (tertiary/aromatic N) is 2. The molecule has 132 valence electrons. The quantitative estimate of drug-likeness (QED) is 0.774. The summed E-state index contributed by atoms with van der Waals surface area (Å²) in [5.74, 6) is 0.723. The van der Waals surface area contributed by atoms with Gasteiger partial charge in [0.2, 0.25) is 0 Å². The zero-order valence-electron chi connectivity index (χ0n) is 14.7. The van der Waals surface area contributed by atoms with Crippen molar-refractivity contribution in [3.63, 3.8) is 0 Å². The van der Waals surface area contributed by atoms with Gasteiger partial charge in [0.15, 0.2) is 0 Å². The zero-order chi connectivity index (χ0) is 17.9. The van der Waals surface area contributed by atoms with E-state index < -0.39 is 0 Å². The van der Waals surface area contributed by atoms with Gasteiger partial charge in [-0.3, -0.25) is 9.89 Å². The summed E-state index contributed by atoms with van der Waals surface area (Å²) in [6.45, 7) is 0.782. The molecule has 4 rings (SSSR count). The summed E-state index contributed by atoms with van der Waals surface area (Å²) in [4.78, 5) is 15.1. The van der Waals surface area contributed by atoms with Gasteiger partial charge >= 0.3 is 0 Å². The molecule has 1 aliphatic heterocycles. The predicted molar refractivity (Wildman–Crippen MR) is 100 cm³/mol. The monoisotopic (exact) mass is 347 g/mol. The van der Waals surface area contributed by atoms with Crippen LogP contribution in [-0.4, -0.2) is 34.7 Å². The average Bonchev–Trinajstić information content (AvgIpc) is 3.39. The van der Waals surface area contributed by atoms with Crippen LogP contribution in [0.2, 0.25) is 0 Å². The number of rotatable bonds is 4. The molecule has 0 bridgehead atoms. The first-order valence-corrected chi connectivity index (χ1v) is 8.81. The van der Waals surface area contributed by atoms with Crippen LogP contribution in [0, 0.1) is 0 Å². The van der Waals surface area contributed by atoms with Crippen LogP contribution >= 0.6 is 0 Å². The van der Waals surface area contributed by atoms with Crippen molar-refractivity contribution in [3.8, 4) is 16.9 Å². The molecule has 1 atom stereocenters. The zero-order valence-corrected chi connectivity index (χ0v) is 14.7. The Morgan fingerprint density at radius 2 is 2.08 bits per heavy atom. The molecule has 1 amide bonds. The molecule has 2 aromatic carbocycles. The van der Waals surface area contributed by atoms with E-state index in [1.807, 2.05) is 47.5 Å². The molecule has 1 fully saturated rings. The molecule has 0 saturated carbocycles. The van der Waals surface area contributed by atoms with E-state index in [0.29, 0.717) is 11.3 Å². The Hall–Kier alpha value is -3.08. The maximum absolute atomic E-state index is 13.1. The summed E-state index contributed by atoms with van der Waals surface area (Å²) in [5, 5.41) is 6.79. The molecule has 2 heterocycles. The Morgan fingerprint density at radius 3 is 2.81 bits per heavy atom. The lowest BCUT2D eigenvalue weighted by Crippen LogP contribution is -2.30. The van der Waals surface area contributed by atoms with E-state index in [1.165, 1.54) is 5.56 Å². The lowest BCUT2D eigenvalue weighted by Gasteiger charge is -2.25. The molecule has 0 radical (unpaired) electrons. The smallest absolute Gasteiger partial charge is 0.254 e. The number of methoxy groups -OCH3 is 1. The van der Waals surface area contributed by atoms with Crippen LogP contribution in [0.3, 0.4) is 0 Å². The van der Waals surface area contributed by atoms with Gasteiger partial charge in [0.05, 0.1) is 19.3 Å². The summed E-state index contributed by atoms with van der Waals surface area (Å²) >= 11 is 0. The van der Waals surface area contributed by atoms with Crippen molar-refractivity contribution in [1.29, 1.82) is 0 Å². The molecule has 5 heteroatoms. The second-order valence-corrected chi connectivity index (χ2v) is 6.47. The van der Waals surface area contributed by atoms with Crippen molar-refractivity contribution >= 4 is 5.91 Å². The first-order chi connectivity index (χ1) is 12.8. The number of H-pyrrole nitrogens is 1. The van der Waals surface area contributed by atoms with E-state index in [9.17, 15) is 4.79 Å². The van der Waals surface area contributed by atoms with E-state index in [0.717, 1.165) is 30.5 Å². The molecule has 26 heavy (non-hydrogen) atoms. The van der Waals surface area contributed by atoms with E-state index in [-0.39, 0.29) is 11.9 Å². The van der Waals surface area contributed by atoms with Crippen molar-refractivity contribution in [1.82, 2.24) is 15.1 Å². The average molecular weight is 347 g/mol. The molecule has 3 aromatic rings. The molecule has 5 nitrogen and oxygen atoms in total. The summed E-state index contributed by atoms with van der Waals surface area (Å²) < 4.78 is 5.52. The third kappa shape index (κ3) is 2.96. The van der Waals surface area contributed by atoms with Crippen LogP contribution in [0.5, 0.6) is 5.75 Å². The first kappa shape index (κ1) is 16.4. The van der Waals surface area contributed by atoms with Gasteiger partial charge in [0.25, 0.3) is 5.91 Å². The van der Waals surface area contributed by atoms with Gasteiger partial charge in [-0.15, -0.1) is 0 Å². The number of likely N-dealkylation sites (tertiary alicyclic amines) is 1. The molecular weight excluding hydrogens is 326 g/mol. The van der Waals surface area contributed by atoms with Crippen LogP contribution in [0.25, 0.3) is 11.1 Å². The minimum Gasteiger partial charge on any atom is -0.496 e. The Bertz CT molecular complexity index is 891. The van der Waals surface area contributed by atoms with Crippen molar-refractivity contribution in [2.75, 3.05) is 13.7 Å². The Morgan fingerprint density at radius 1 is 1.23 bits per heavy atom. The van der Waals surface area contributed by atoms with Crippen LogP contribution < -0.4 is 4.74 Å². The first-order valence-electron chi connectivity index (χ1n) is 8.81. The van der Waals surface area contributed by atoms with Crippen LogP contribution in [0.15, 0.2) is 60.9 Å². The van der Waals surface area contributed by atoms with Gasteiger partial charge in [0.1, 0.15) is 5.75 Å². The number of carbonyl (C=O) groups excluding carboxylic acids is 1. The number of hydrogen-bond acceptors (Lipinski definition) is 3. The number of carbonyl (C=O) groups is 1. The summed E-state index contributed by atoms with van der Waals surface area (Å²) in [6.07, 6.45) is 5.58. The molecule has 1 N–H and O–H groups in total. The van der Waals surface area contributed by atoms with E-state index >= 15 is 0 Å². The van der Waals surface area contributed by atoms with Crippen LogP contribution in [0.1, 0.15) is 34.8 Å². The Kier molecular flexibility index (Phi) is 4.44.